The minimum atomic E-state index is -3.78. The van der Waals surface area contributed by atoms with Crippen molar-refractivity contribution in [1.29, 1.82) is 0 Å². The van der Waals surface area contributed by atoms with Gasteiger partial charge in [-0.3, -0.25) is 14.5 Å². The Kier molecular flexibility index (Phi) is 5.39. The Morgan fingerprint density at radius 2 is 1.77 bits per heavy atom. The molecule has 2 aromatic rings. The first-order valence-electron chi connectivity index (χ1n) is 7.87. The second-order valence-corrected chi connectivity index (χ2v) is 7.63. The summed E-state index contributed by atoms with van der Waals surface area (Å²) in [7, 11) is -3.78. The van der Waals surface area contributed by atoms with E-state index in [4.69, 9.17) is 11.6 Å². The maximum absolute atomic E-state index is 12.4. The van der Waals surface area contributed by atoms with Gasteiger partial charge in [-0.15, -0.1) is 0 Å². The molecule has 1 aliphatic rings. The first kappa shape index (κ1) is 18.2. The topological polar surface area (TPSA) is 87.6 Å². The first-order valence-corrected chi connectivity index (χ1v) is 9.73. The Morgan fingerprint density at radius 1 is 1.04 bits per heavy atom. The van der Waals surface area contributed by atoms with Crippen LogP contribution in [0.15, 0.2) is 70.2 Å². The largest absolute Gasteiger partial charge is 0.321 e. The van der Waals surface area contributed by atoms with Crippen LogP contribution in [0.5, 0.6) is 0 Å². The number of hydrogen-bond donors (Lipinski definition) is 2. The molecular formula is C18H16ClN3O3S. The maximum atomic E-state index is 12.4. The smallest absolute Gasteiger partial charge is 0.273 e. The molecule has 2 aromatic carbocycles. The minimum absolute atomic E-state index is 0.0605. The second kappa shape index (κ2) is 7.72. The highest BCUT2D eigenvalue weighted by molar-refractivity contribution is 7.92. The van der Waals surface area contributed by atoms with Crippen molar-refractivity contribution in [2.45, 2.75) is 17.7 Å². The Bertz CT molecular complexity index is 983. The molecule has 134 valence electrons. The highest BCUT2D eigenvalue weighted by Crippen LogP contribution is 2.24. The molecule has 2 N–H and O–H groups in total. The highest BCUT2D eigenvalue weighted by Gasteiger charge is 2.16. The van der Waals surface area contributed by atoms with Gasteiger partial charge in [0, 0.05) is 11.9 Å². The molecule has 0 fully saturated rings. The van der Waals surface area contributed by atoms with Crippen molar-refractivity contribution in [2.75, 3.05) is 10.0 Å². The average molecular weight is 390 g/mol. The van der Waals surface area contributed by atoms with Crippen LogP contribution in [-0.4, -0.2) is 20.5 Å². The molecule has 0 saturated carbocycles. The van der Waals surface area contributed by atoms with Crippen LogP contribution in [0.2, 0.25) is 5.02 Å². The summed E-state index contributed by atoms with van der Waals surface area (Å²) in [6, 6.07) is 12.4. The number of para-hydroxylation sites is 1. The summed E-state index contributed by atoms with van der Waals surface area (Å²) in [6.07, 6.45) is 5.06. The van der Waals surface area contributed by atoms with Crippen LogP contribution in [0.3, 0.4) is 0 Å². The van der Waals surface area contributed by atoms with Crippen LogP contribution in [-0.2, 0) is 14.8 Å². The standard InChI is InChI=1S/C18H16ClN3O3S/c19-15-5-1-2-6-16(15)22-26(24,25)14-10-8-13(9-11-14)21-18(23)17-7-3-4-12-20-17/h1-2,5-12,22H,3-4H2,(H,21,23). The third-order valence-corrected chi connectivity index (χ3v) is 5.35. The van der Waals surface area contributed by atoms with E-state index >= 15 is 0 Å². The van der Waals surface area contributed by atoms with Crippen molar-refractivity contribution in [2.24, 2.45) is 4.99 Å². The molecule has 0 aromatic heterocycles. The zero-order valence-corrected chi connectivity index (χ0v) is 15.2. The number of aliphatic imine (C=N–C) groups is 1. The Hall–Kier alpha value is -2.64. The highest BCUT2D eigenvalue weighted by atomic mass is 35.5. The van der Waals surface area contributed by atoms with Crippen LogP contribution < -0.4 is 10.0 Å². The minimum Gasteiger partial charge on any atom is -0.321 e. The number of carbonyl (C=O) groups excluding carboxylic acids is 1. The van der Waals surface area contributed by atoms with E-state index in [0.717, 1.165) is 12.8 Å². The fraction of sp³-hybridized carbons (Fsp3) is 0.111. The number of hydrogen-bond acceptors (Lipinski definition) is 4. The number of carbonyl (C=O) groups is 1. The van der Waals surface area contributed by atoms with Crippen LogP contribution in [0.25, 0.3) is 0 Å². The molecule has 0 atom stereocenters. The van der Waals surface area contributed by atoms with Gasteiger partial charge in [-0.05, 0) is 49.2 Å². The molecule has 6 nitrogen and oxygen atoms in total. The van der Waals surface area contributed by atoms with Crippen LogP contribution in [0.1, 0.15) is 12.8 Å². The average Bonchev–Trinajstić information content (AvgIpc) is 2.65. The van der Waals surface area contributed by atoms with Crippen molar-refractivity contribution in [3.05, 3.63) is 65.3 Å². The van der Waals surface area contributed by atoms with E-state index in [0.29, 0.717) is 22.1 Å². The molecule has 0 spiro atoms. The normalized spacial score (nSPS) is 13.8. The molecule has 1 amide bonds. The summed E-state index contributed by atoms with van der Waals surface area (Å²) in [6.45, 7) is 0. The van der Waals surface area contributed by atoms with Gasteiger partial charge in [0.1, 0.15) is 5.70 Å². The fourth-order valence-corrected chi connectivity index (χ4v) is 3.64. The first-order chi connectivity index (χ1) is 12.5. The molecule has 8 heteroatoms. The van der Waals surface area contributed by atoms with Crippen LogP contribution in [0, 0.1) is 0 Å². The summed E-state index contributed by atoms with van der Waals surface area (Å²) in [5, 5.41) is 3.00. The second-order valence-electron chi connectivity index (χ2n) is 5.54. The molecule has 0 saturated heterocycles. The molecule has 0 aliphatic carbocycles. The number of rotatable bonds is 5. The van der Waals surface area contributed by atoms with E-state index in [1.54, 1.807) is 36.6 Å². The van der Waals surface area contributed by atoms with E-state index in [1.807, 2.05) is 0 Å². The van der Waals surface area contributed by atoms with Gasteiger partial charge in [0.2, 0.25) is 0 Å². The zero-order chi connectivity index (χ0) is 18.6. The number of halogens is 1. The van der Waals surface area contributed by atoms with E-state index in [2.05, 4.69) is 15.0 Å². The third-order valence-electron chi connectivity index (χ3n) is 3.64. The van der Waals surface area contributed by atoms with Crippen molar-refractivity contribution < 1.29 is 13.2 Å². The van der Waals surface area contributed by atoms with Crippen molar-refractivity contribution in [1.82, 2.24) is 0 Å². The van der Waals surface area contributed by atoms with Crippen LogP contribution in [0.4, 0.5) is 11.4 Å². The number of amides is 1. The lowest BCUT2D eigenvalue weighted by Crippen LogP contribution is -2.15. The van der Waals surface area contributed by atoms with Gasteiger partial charge in [-0.2, -0.15) is 0 Å². The number of allylic oxidation sites excluding steroid dienone is 1. The van der Waals surface area contributed by atoms with Gasteiger partial charge in [0.05, 0.1) is 15.6 Å². The van der Waals surface area contributed by atoms with Gasteiger partial charge in [-0.25, -0.2) is 8.42 Å². The summed E-state index contributed by atoms with van der Waals surface area (Å²) in [4.78, 5) is 16.2. The summed E-state index contributed by atoms with van der Waals surface area (Å²) >= 11 is 5.98. The SMILES string of the molecule is O=C(Nc1ccc(S(=O)(=O)Nc2ccccc2Cl)cc1)C1=CCCC=N1. The number of nitrogens with one attached hydrogen (secondary N) is 2. The quantitative estimate of drug-likeness (QED) is 0.814. The molecule has 0 bridgehead atoms. The lowest BCUT2D eigenvalue weighted by molar-refractivity contribution is -0.112. The number of sulfonamides is 1. The molecule has 3 rings (SSSR count). The van der Waals surface area contributed by atoms with Crippen molar-refractivity contribution >= 4 is 45.1 Å². The molecule has 0 unspecified atom stereocenters. The van der Waals surface area contributed by atoms with Crippen molar-refractivity contribution in [3.63, 3.8) is 0 Å². The maximum Gasteiger partial charge on any atom is 0.273 e. The van der Waals surface area contributed by atoms with Crippen molar-refractivity contribution in [3.8, 4) is 0 Å². The lowest BCUT2D eigenvalue weighted by Gasteiger charge is -2.11. The van der Waals surface area contributed by atoms with E-state index in [-0.39, 0.29) is 10.8 Å². The lowest BCUT2D eigenvalue weighted by atomic mass is 10.2. The molecule has 1 aliphatic heterocycles. The van der Waals surface area contributed by atoms with E-state index in [1.165, 1.54) is 24.3 Å². The zero-order valence-electron chi connectivity index (χ0n) is 13.6. The number of benzene rings is 2. The summed E-state index contributed by atoms with van der Waals surface area (Å²) < 4.78 is 27.3. The molecule has 26 heavy (non-hydrogen) atoms. The molecule has 0 radical (unpaired) electrons. The van der Waals surface area contributed by atoms with Gasteiger partial charge in [0.15, 0.2) is 0 Å². The predicted molar refractivity (Wildman–Crippen MR) is 103 cm³/mol. The number of anilines is 2. The van der Waals surface area contributed by atoms with Gasteiger partial charge in [0.25, 0.3) is 15.9 Å². The summed E-state index contributed by atoms with van der Waals surface area (Å²) in [5.74, 6) is -0.328. The number of nitrogens with zero attached hydrogens (tertiary/aromatic N) is 1. The fourth-order valence-electron chi connectivity index (χ4n) is 2.32. The monoisotopic (exact) mass is 389 g/mol. The Labute approximate surface area is 156 Å². The van der Waals surface area contributed by atoms with Crippen LogP contribution >= 0.6 is 11.6 Å². The third kappa shape index (κ3) is 4.30. The predicted octanol–water partition coefficient (Wildman–Crippen LogP) is 3.83. The summed E-state index contributed by atoms with van der Waals surface area (Å²) in [5.41, 5.74) is 1.13. The Morgan fingerprint density at radius 3 is 2.42 bits per heavy atom. The molecular weight excluding hydrogens is 374 g/mol. The Balaban J connectivity index is 1.72. The van der Waals surface area contributed by atoms with Gasteiger partial charge in [-0.1, -0.05) is 29.8 Å². The van der Waals surface area contributed by atoms with E-state index in [9.17, 15) is 13.2 Å². The van der Waals surface area contributed by atoms with E-state index < -0.39 is 10.0 Å². The van der Waals surface area contributed by atoms with Gasteiger partial charge >= 0.3 is 0 Å². The molecule has 1 heterocycles. The van der Waals surface area contributed by atoms with Gasteiger partial charge < -0.3 is 5.32 Å².